The van der Waals surface area contributed by atoms with Gasteiger partial charge >= 0.3 is 0 Å². The molecule has 0 amide bonds. The zero-order valence-corrected chi connectivity index (χ0v) is 10.5. The minimum Gasteiger partial charge on any atom is -0.437 e. The van der Waals surface area contributed by atoms with Crippen molar-refractivity contribution in [2.45, 2.75) is 6.54 Å². The number of pyridine rings is 1. The second-order valence-electron chi connectivity index (χ2n) is 3.71. The van der Waals surface area contributed by atoms with E-state index in [1.54, 1.807) is 12.3 Å². The fraction of sp³-hybridized carbons (Fsp3) is 0.154. The predicted octanol–water partition coefficient (Wildman–Crippen LogP) is 3.39. The standard InChI is InChI=1S/C13H12ClFN2O/c1-16-7-9-2-5-13(17-8-9)18-12-4-3-10(15)6-11(12)14/h2-6,8,16H,7H2,1H3. The Morgan fingerprint density at radius 3 is 2.78 bits per heavy atom. The average molecular weight is 267 g/mol. The fourth-order valence-electron chi connectivity index (χ4n) is 1.45. The SMILES string of the molecule is CNCc1ccc(Oc2ccc(F)cc2Cl)nc1. The molecule has 0 spiro atoms. The van der Waals surface area contributed by atoms with Gasteiger partial charge in [0.15, 0.2) is 0 Å². The van der Waals surface area contributed by atoms with Crippen LogP contribution in [-0.4, -0.2) is 12.0 Å². The Morgan fingerprint density at radius 1 is 1.33 bits per heavy atom. The van der Waals surface area contributed by atoms with E-state index in [2.05, 4.69) is 10.3 Å². The molecule has 1 aromatic carbocycles. The van der Waals surface area contributed by atoms with Crippen LogP contribution in [0.5, 0.6) is 11.6 Å². The summed E-state index contributed by atoms with van der Waals surface area (Å²) in [7, 11) is 1.86. The van der Waals surface area contributed by atoms with Crippen LogP contribution < -0.4 is 10.1 Å². The molecule has 0 bridgehead atoms. The van der Waals surface area contributed by atoms with E-state index in [1.165, 1.54) is 18.2 Å². The minimum atomic E-state index is -0.398. The molecule has 0 atom stereocenters. The molecular weight excluding hydrogens is 255 g/mol. The van der Waals surface area contributed by atoms with Crippen LogP contribution in [0.1, 0.15) is 5.56 Å². The number of benzene rings is 1. The molecule has 1 aromatic heterocycles. The molecule has 0 aliphatic heterocycles. The summed E-state index contributed by atoms with van der Waals surface area (Å²) in [6, 6.07) is 7.60. The van der Waals surface area contributed by atoms with Gasteiger partial charge in [0, 0.05) is 18.8 Å². The number of rotatable bonds is 4. The van der Waals surface area contributed by atoms with Crippen LogP contribution in [0, 0.1) is 5.82 Å². The number of nitrogens with zero attached hydrogens (tertiary/aromatic N) is 1. The highest BCUT2D eigenvalue weighted by molar-refractivity contribution is 6.32. The molecule has 18 heavy (non-hydrogen) atoms. The van der Waals surface area contributed by atoms with Gasteiger partial charge in [0.2, 0.25) is 5.88 Å². The summed E-state index contributed by atoms with van der Waals surface area (Å²) in [6.45, 7) is 0.741. The Morgan fingerprint density at radius 2 is 2.17 bits per heavy atom. The molecule has 1 N–H and O–H groups in total. The summed E-state index contributed by atoms with van der Waals surface area (Å²) in [5, 5.41) is 3.24. The second kappa shape index (κ2) is 5.80. The van der Waals surface area contributed by atoms with Crippen molar-refractivity contribution in [1.82, 2.24) is 10.3 Å². The average Bonchev–Trinajstić information content (AvgIpc) is 2.35. The Kier molecular flexibility index (Phi) is 4.12. The molecule has 0 saturated carbocycles. The Balaban J connectivity index is 2.13. The van der Waals surface area contributed by atoms with Crippen LogP contribution in [-0.2, 0) is 6.54 Å². The van der Waals surface area contributed by atoms with Crippen molar-refractivity contribution in [3.8, 4) is 11.6 Å². The van der Waals surface area contributed by atoms with Gasteiger partial charge in [-0.2, -0.15) is 0 Å². The predicted molar refractivity (Wildman–Crippen MR) is 68.5 cm³/mol. The molecule has 1 heterocycles. The van der Waals surface area contributed by atoms with Crippen molar-refractivity contribution in [1.29, 1.82) is 0 Å². The molecule has 0 aliphatic carbocycles. The van der Waals surface area contributed by atoms with E-state index in [1.807, 2.05) is 13.1 Å². The van der Waals surface area contributed by atoms with Gasteiger partial charge in [0.25, 0.3) is 0 Å². The molecule has 3 nitrogen and oxygen atoms in total. The van der Waals surface area contributed by atoms with Crippen molar-refractivity contribution in [2.24, 2.45) is 0 Å². The van der Waals surface area contributed by atoms with Gasteiger partial charge in [0.1, 0.15) is 11.6 Å². The van der Waals surface area contributed by atoms with Crippen molar-refractivity contribution in [2.75, 3.05) is 7.05 Å². The fourth-order valence-corrected chi connectivity index (χ4v) is 1.66. The van der Waals surface area contributed by atoms with Crippen LogP contribution in [0.15, 0.2) is 36.5 Å². The van der Waals surface area contributed by atoms with Crippen LogP contribution >= 0.6 is 11.6 Å². The maximum atomic E-state index is 12.9. The first kappa shape index (κ1) is 12.8. The van der Waals surface area contributed by atoms with Crippen molar-refractivity contribution in [3.05, 3.63) is 52.9 Å². The van der Waals surface area contributed by atoms with Crippen LogP contribution in [0.4, 0.5) is 4.39 Å². The first-order valence-corrected chi connectivity index (χ1v) is 5.79. The Bertz CT molecular complexity index is 531. The summed E-state index contributed by atoms with van der Waals surface area (Å²) < 4.78 is 18.3. The Hall–Kier alpha value is -1.65. The van der Waals surface area contributed by atoms with E-state index in [4.69, 9.17) is 16.3 Å². The zero-order valence-electron chi connectivity index (χ0n) is 9.78. The quantitative estimate of drug-likeness (QED) is 0.921. The first-order chi connectivity index (χ1) is 8.69. The zero-order chi connectivity index (χ0) is 13.0. The van der Waals surface area contributed by atoms with Gasteiger partial charge in [-0.3, -0.25) is 0 Å². The third-order valence-electron chi connectivity index (χ3n) is 2.29. The summed E-state index contributed by atoms with van der Waals surface area (Å²) in [5.74, 6) is 0.403. The maximum Gasteiger partial charge on any atom is 0.219 e. The number of halogens is 2. The summed E-state index contributed by atoms with van der Waals surface area (Å²) in [4.78, 5) is 4.14. The van der Waals surface area contributed by atoms with Crippen molar-refractivity contribution < 1.29 is 9.13 Å². The third kappa shape index (κ3) is 3.18. The molecular formula is C13H12ClFN2O. The van der Waals surface area contributed by atoms with Crippen molar-refractivity contribution >= 4 is 11.6 Å². The summed E-state index contributed by atoms with van der Waals surface area (Å²) >= 11 is 5.86. The van der Waals surface area contributed by atoms with Crippen molar-refractivity contribution in [3.63, 3.8) is 0 Å². The van der Waals surface area contributed by atoms with Crippen LogP contribution in [0.3, 0.4) is 0 Å². The van der Waals surface area contributed by atoms with E-state index in [0.717, 1.165) is 12.1 Å². The van der Waals surface area contributed by atoms with Gasteiger partial charge in [-0.25, -0.2) is 9.37 Å². The summed E-state index contributed by atoms with van der Waals surface area (Å²) in [6.07, 6.45) is 1.71. The number of aromatic nitrogens is 1. The van der Waals surface area contributed by atoms with Gasteiger partial charge in [-0.05, 0) is 30.8 Å². The lowest BCUT2D eigenvalue weighted by Crippen LogP contribution is -2.05. The van der Waals surface area contributed by atoms with Gasteiger partial charge in [-0.1, -0.05) is 17.7 Å². The minimum absolute atomic E-state index is 0.219. The van der Waals surface area contributed by atoms with E-state index in [9.17, 15) is 4.39 Å². The number of hydrogen-bond donors (Lipinski definition) is 1. The monoisotopic (exact) mass is 266 g/mol. The lowest BCUT2D eigenvalue weighted by Gasteiger charge is -2.07. The van der Waals surface area contributed by atoms with E-state index < -0.39 is 5.82 Å². The molecule has 5 heteroatoms. The summed E-state index contributed by atoms with van der Waals surface area (Å²) in [5.41, 5.74) is 1.05. The first-order valence-electron chi connectivity index (χ1n) is 5.41. The van der Waals surface area contributed by atoms with Crippen LogP contribution in [0.2, 0.25) is 5.02 Å². The van der Waals surface area contributed by atoms with E-state index >= 15 is 0 Å². The highest BCUT2D eigenvalue weighted by atomic mass is 35.5. The van der Waals surface area contributed by atoms with Gasteiger partial charge in [0.05, 0.1) is 5.02 Å². The normalized spacial score (nSPS) is 10.4. The molecule has 2 aromatic rings. The molecule has 0 aliphatic rings. The topological polar surface area (TPSA) is 34.1 Å². The lowest BCUT2D eigenvalue weighted by molar-refractivity contribution is 0.461. The van der Waals surface area contributed by atoms with E-state index in [-0.39, 0.29) is 5.02 Å². The molecule has 0 unspecified atom stereocenters. The largest absolute Gasteiger partial charge is 0.437 e. The van der Waals surface area contributed by atoms with Crippen LogP contribution in [0.25, 0.3) is 0 Å². The van der Waals surface area contributed by atoms with Gasteiger partial charge < -0.3 is 10.1 Å². The lowest BCUT2D eigenvalue weighted by atomic mass is 10.3. The molecule has 94 valence electrons. The van der Waals surface area contributed by atoms with Gasteiger partial charge in [-0.15, -0.1) is 0 Å². The highest BCUT2D eigenvalue weighted by Crippen LogP contribution is 2.28. The highest BCUT2D eigenvalue weighted by Gasteiger charge is 2.05. The third-order valence-corrected chi connectivity index (χ3v) is 2.58. The molecule has 0 radical (unpaired) electrons. The second-order valence-corrected chi connectivity index (χ2v) is 4.12. The number of ether oxygens (including phenoxy) is 1. The molecule has 0 fully saturated rings. The number of hydrogen-bond acceptors (Lipinski definition) is 3. The Labute approximate surface area is 110 Å². The molecule has 2 rings (SSSR count). The number of nitrogens with one attached hydrogen (secondary N) is 1. The molecule has 0 saturated heterocycles. The smallest absolute Gasteiger partial charge is 0.219 e. The maximum absolute atomic E-state index is 12.9. The van der Waals surface area contributed by atoms with E-state index in [0.29, 0.717) is 11.6 Å².